The van der Waals surface area contributed by atoms with Crippen LogP contribution in [-0.2, 0) is 27.7 Å². The standard InChI is InChI=1S/C24H25N3O3S/c1-16-11-17(2)13-21(12-16)27(31(3,29)30)15-23(28)26-25-14-20-10-9-19-8-7-18-5-4-6-22(20)24(18)19/h4-6,9-14H,7-8,15H2,1-3H3,(H,26,28)/b25-14-. The topological polar surface area (TPSA) is 78.8 Å². The van der Waals surface area contributed by atoms with Gasteiger partial charge in [0, 0.05) is 5.56 Å². The Morgan fingerprint density at radius 2 is 1.74 bits per heavy atom. The van der Waals surface area contributed by atoms with Gasteiger partial charge in [0.2, 0.25) is 10.0 Å². The Morgan fingerprint density at radius 3 is 2.42 bits per heavy atom. The summed E-state index contributed by atoms with van der Waals surface area (Å²) in [4.78, 5) is 12.5. The molecule has 160 valence electrons. The molecule has 3 aromatic carbocycles. The van der Waals surface area contributed by atoms with E-state index >= 15 is 0 Å². The molecule has 0 atom stereocenters. The van der Waals surface area contributed by atoms with Crippen molar-refractivity contribution in [3.8, 4) is 0 Å². The highest BCUT2D eigenvalue weighted by molar-refractivity contribution is 7.92. The van der Waals surface area contributed by atoms with Gasteiger partial charge in [0.25, 0.3) is 5.91 Å². The van der Waals surface area contributed by atoms with E-state index in [1.165, 1.54) is 16.5 Å². The van der Waals surface area contributed by atoms with Crippen LogP contribution in [0, 0.1) is 13.8 Å². The van der Waals surface area contributed by atoms with Crippen molar-refractivity contribution in [3.05, 3.63) is 76.3 Å². The maximum atomic E-state index is 12.5. The van der Waals surface area contributed by atoms with E-state index in [-0.39, 0.29) is 6.54 Å². The van der Waals surface area contributed by atoms with Gasteiger partial charge in [-0.05, 0) is 71.8 Å². The van der Waals surface area contributed by atoms with E-state index in [0.717, 1.165) is 45.5 Å². The van der Waals surface area contributed by atoms with Crippen LogP contribution in [0.2, 0.25) is 0 Å². The van der Waals surface area contributed by atoms with Gasteiger partial charge < -0.3 is 0 Å². The summed E-state index contributed by atoms with van der Waals surface area (Å²) in [5.74, 6) is -0.508. The lowest BCUT2D eigenvalue weighted by molar-refractivity contribution is -0.119. The van der Waals surface area contributed by atoms with Gasteiger partial charge in [0.15, 0.2) is 0 Å². The molecule has 1 amide bonds. The molecule has 0 bridgehead atoms. The zero-order valence-corrected chi connectivity index (χ0v) is 18.7. The second-order valence-corrected chi connectivity index (χ2v) is 9.97. The van der Waals surface area contributed by atoms with Crippen LogP contribution < -0.4 is 9.73 Å². The second-order valence-electron chi connectivity index (χ2n) is 8.06. The minimum atomic E-state index is -3.63. The van der Waals surface area contributed by atoms with E-state index < -0.39 is 15.9 Å². The molecule has 0 aromatic heterocycles. The first-order valence-electron chi connectivity index (χ1n) is 10.1. The minimum absolute atomic E-state index is 0.344. The van der Waals surface area contributed by atoms with Crippen LogP contribution in [0.15, 0.2) is 53.6 Å². The number of carbonyl (C=O) groups excluding carboxylic acids is 1. The van der Waals surface area contributed by atoms with Gasteiger partial charge in [0.05, 0.1) is 18.2 Å². The van der Waals surface area contributed by atoms with Gasteiger partial charge in [-0.25, -0.2) is 13.8 Å². The Morgan fingerprint density at radius 1 is 1.06 bits per heavy atom. The molecule has 6 nitrogen and oxygen atoms in total. The van der Waals surface area contributed by atoms with Crippen molar-refractivity contribution < 1.29 is 13.2 Å². The van der Waals surface area contributed by atoms with Crippen LogP contribution in [0.5, 0.6) is 0 Å². The van der Waals surface area contributed by atoms with Gasteiger partial charge in [0.1, 0.15) is 6.54 Å². The molecule has 0 aliphatic heterocycles. The van der Waals surface area contributed by atoms with Crippen molar-refractivity contribution in [3.63, 3.8) is 0 Å². The number of hydrogen-bond acceptors (Lipinski definition) is 4. The number of benzene rings is 3. The molecule has 0 saturated heterocycles. The molecular weight excluding hydrogens is 410 g/mol. The van der Waals surface area contributed by atoms with E-state index in [4.69, 9.17) is 0 Å². The monoisotopic (exact) mass is 435 g/mol. The van der Waals surface area contributed by atoms with Crippen LogP contribution in [0.4, 0.5) is 5.69 Å². The molecule has 31 heavy (non-hydrogen) atoms. The molecule has 3 aromatic rings. The maximum absolute atomic E-state index is 12.5. The predicted molar refractivity (Wildman–Crippen MR) is 125 cm³/mol. The number of aryl methyl sites for hydroxylation is 4. The smallest absolute Gasteiger partial charge is 0.260 e. The summed E-state index contributed by atoms with van der Waals surface area (Å²) in [6.45, 7) is 3.43. The van der Waals surface area contributed by atoms with Crippen molar-refractivity contribution in [2.24, 2.45) is 5.10 Å². The molecule has 0 fully saturated rings. The fourth-order valence-electron chi connectivity index (χ4n) is 4.22. The average molecular weight is 436 g/mol. The minimum Gasteiger partial charge on any atom is -0.271 e. The Hall–Kier alpha value is -3.19. The maximum Gasteiger partial charge on any atom is 0.260 e. The quantitative estimate of drug-likeness (QED) is 0.476. The summed E-state index contributed by atoms with van der Waals surface area (Å²) >= 11 is 0. The third-order valence-corrected chi connectivity index (χ3v) is 6.63. The number of nitrogens with zero attached hydrogens (tertiary/aromatic N) is 2. The van der Waals surface area contributed by atoms with E-state index in [0.29, 0.717) is 5.69 Å². The van der Waals surface area contributed by atoms with Crippen molar-refractivity contribution in [1.82, 2.24) is 5.43 Å². The van der Waals surface area contributed by atoms with Crippen LogP contribution in [-0.4, -0.2) is 33.3 Å². The highest BCUT2D eigenvalue weighted by Crippen LogP contribution is 2.32. The molecular formula is C24H25N3O3S. The molecule has 4 rings (SSSR count). The lowest BCUT2D eigenvalue weighted by Gasteiger charge is -2.22. The fourth-order valence-corrected chi connectivity index (χ4v) is 5.06. The summed E-state index contributed by atoms with van der Waals surface area (Å²) in [6, 6.07) is 15.8. The number of rotatable bonds is 6. The molecule has 1 aliphatic rings. The third-order valence-electron chi connectivity index (χ3n) is 5.49. The first-order valence-corrected chi connectivity index (χ1v) is 12.0. The Kier molecular flexibility index (Phi) is 5.54. The molecule has 7 heteroatoms. The van der Waals surface area contributed by atoms with Crippen molar-refractivity contribution in [2.75, 3.05) is 17.1 Å². The lowest BCUT2D eigenvalue weighted by atomic mass is 10.0. The summed E-state index contributed by atoms with van der Waals surface area (Å²) < 4.78 is 25.7. The number of amides is 1. The number of anilines is 1. The molecule has 0 saturated carbocycles. The normalized spacial score (nSPS) is 13.1. The summed E-state index contributed by atoms with van der Waals surface area (Å²) in [6.07, 6.45) is 4.79. The van der Waals surface area contributed by atoms with E-state index in [2.05, 4.69) is 28.7 Å². The number of sulfonamides is 1. The Balaban J connectivity index is 1.52. The van der Waals surface area contributed by atoms with Crippen LogP contribution in [0.25, 0.3) is 10.8 Å². The zero-order valence-electron chi connectivity index (χ0n) is 17.8. The Bertz CT molecular complexity index is 1280. The average Bonchev–Trinajstić information content (AvgIpc) is 3.11. The molecule has 0 spiro atoms. The summed E-state index contributed by atoms with van der Waals surface area (Å²) in [5, 5.41) is 6.47. The third kappa shape index (κ3) is 4.46. The number of carbonyl (C=O) groups is 1. The SMILES string of the molecule is Cc1cc(C)cc(N(CC(=O)N/N=C\c2ccc3c4c(cccc24)CC3)S(C)(=O)=O)c1. The van der Waals surface area contributed by atoms with Crippen LogP contribution in [0.3, 0.4) is 0 Å². The summed E-state index contributed by atoms with van der Waals surface area (Å²) in [7, 11) is -3.63. The number of nitrogens with one attached hydrogen (secondary N) is 1. The fraction of sp³-hybridized carbons (Fsp3) is 0.250. The molecule has 0 unspecified atom stereocenters. The first kappa shape index (κ1) is 21.1. The Labute approximate surface area is 182 Å². The van der Waals surface area contributed by atoms with Crippen LogP contribution >= 0.6 is 0 Å². The van der Waals surface area contributed by atoms with Crippen LogP contribution in [0.1, 0.15) is 27.8 Å². The van der Waals surface area contributed by atoms with Gasteiger partial charge in [-0.3, -0.25) is 9.10 Å². The van der Waals surface area contributed by atoms with Crippen molar-refractivity contribution >= 4 is 38.6 Å². The highest BCUT2D eigenvalue weighted by Gasteiger charge is 2.21. The highest BCUT2D eigenvalue weighted by atomic mass is 32.2. The molecule has 1 aliphatic carbocycles. The van der Waals surface area contributed by atoms with E-state index in [9.17, 15) is 13.2 Å². The van der Waals surface area contributed by atoms with Gasteiger partial charge >= 0.3 is 0 Å². The lowest BCUT2D eigenvalue weighted by Crippen LogP contribution is -2.39. The van der Waals surface area contributed by atoms with Crippen molar-refractivity contribution in [1.29, 1.82) is 0 Å². The van der Waals surface area contributed by atoms with E-state index in [1.807, 2.05) is 32.0 Å². The van der Waals surface area contributed by atoms with E-state index in [1.54, 1.807) is 18.3 Å². The largest absolute Gasteiger partial charge is 0.271 e. The van der Waals surface area contributed by atoms with Gasteiger partial charge in [-0.1, -0.05) is 36.4 Å². The van der Waals surface area contributed by atoms with Gasteiger partial charge in [-0.2, -0.15) is 5.10 Å². The summed E-state index contributed by atoms with van der Waals surface area (Å²) in [5.41, 5.74) is 8.37. The zero-order chi connectivity index (χ0) is 22.2. The first-order chi connectivity index (χ1) is 14.7. The number of hydrogen-bond donors (Lipinski definition) is 1. The molecule has 1 N–H and O–H groups in total. The molecule has 0 radical (unpaired) electrons. The molecule has 0 heterocycles. The van der Waals surface area contributed by atoms with Gasteiger partial charge in [-0.15, -0.1) is 0 Å². The second kappa shape index (κ2) is 8.15. The van der Waals surface area contributed by atoms with Crippen molar-refractivity contribution in [2.45, 2.75) is 26.7 Å². The predicted octanol–water partition coefficient (Wildman–Crippen LogP) is 3.47. The number of hydrazone groups is 1.